The summed E-state index contributed by atoms with van der Waals surface area (Å²) in [5.41, 5.74) is 1.15. The lowest BCUT2D eigenvalue weighted by molar-refractivity contribution is 0.0951. The zero-order chi connectivity index (χ0) is 19.2. The van der Waals surface area contributed by atoms with Crippen LogP contribution < -0.4 is 10.1 Å². The first-order chi connectivity index (χ1) is 12.3. The normalized spacial score (nSPS) is 11.4. The predicted octanol–water partition coefficient (Wildman–Crippen LogP) is 2.54. The summed E-state index contributed by atoms with van der Waals surface area (Å²) in [6.07, 6.45) is 1.13. The molecule has 0 unspecified atom stereocenters. The number of ether oxygens (including phenoxy) is 1. The minimum atomic E-state index is -3.45. The van der Waals surface area contributed by atoms with E-state index in [0.29, 0.717) is 21.9 Å². The zero-order valence-electron chi connectivity index (χ0n) is 14.6. The number of amides is 1. The number of sulfonamides is 1. The van der Waals surface area contributed by atoms with Gasteiger partial charge in [-0.05, 0) is 29.8 Å². The molecule has 0 bridgehead atoms. The molecular weight excluding hydrogens is 376 g/mol. The van der Waals surface area contributed by atoms with Crippen LogP contribution in [0, 0.1) is 0 Å². The lowest BCUT2D eigenvalue weighted by atomic mass is 10.2. The molecule has 1 amide bonds. The lowest BCUT2D eigenvalue weighted by Gasteiger charge is -2.21. The zero-order valence-corrected chi connectivity index (χ0v) is 16.2. The summed E-state index contributed by atoms with van der Waals surface area (Å²) < 4.78 is 30.4. The molecule has 0 aromatic heterocycles. The molecule has 0 saturated carbocycles. The van der Waals surface area contributed by atoms with Crippen molar-refractivity contribution < 1.29 is 17.9 Å². The molecule has 0 aliphatic carbocycles. The van der Waals surface area contributed by atoms with Gasteiger partial charge in [0.2, 0.25) is 10.0 Å². The second-order valence-electron chi connectivity index (χ2n) is 5.68. The van der Waals surface area contributed by atoms with E-state index < -0.39 is 10.0 Å². The highest BCUT2D eigenvalue weighted by atomic mass is 35.5. The van der Waals surface area contributed by atoms with Crippen LogP contribution in [-0.2, 0) is 16.6 Å². The molecule has 0 aliphatic heterocycles. The van der Waals surface area contributed by atoms with Crippen LogP contribution in [-0.4, -0.2) is 45.1 Å². The molecule has 1 N–H and O–H groups in total. The monoisotopic (exact) mass is 396 g/mol. The minimum absolute atomic E-state index is 0.139. The highest BCUT2D eigenvalue weighted by molar-refractivity contribution is 7.88. The van der Waals surface area contributed by atoms with Crippen LogP contribution in [0.1, 0.15) is 15.9 Å². The Kier molecular flexibility index (Phi) is 7.02. The molecule has 6 nitrogen and oxygen atoms in total. The van der Waals surface area contributed by atoms with Crippen LogP contribution in [0.15, 0.2) is 48.5 Å². The van der Waals surface area contributed by atoms with Gasteiger partial charge < -0.3 is 10.1 Å². The predicted molar refractivity (Wildman–Crippen MR) is 102 cm³/mol. The van der Waals surface area contributed by atoms with Gasteiger partial charge in [-0.3, -0.25) is 4.79 Å². The average Bonchev–Trinajstić information content (AvgIpc) is 2.61. The van der Waals surface area contributed by atoms with E-state index in [1.807, 2.05) is 0 Å². The maximum Gasteiger partial charge on any atom is 0.251 e. The number of nitrogens with one attached hydrogen (secondary N) is 1. The van der Waals surface area contributed by atoms with Crippen molar-refractivity contribution in [3.63, 3.8) is 0 Å². The Morgan fingerprint density at radius 2 is 1.92 bits per heavy atom. The van der Waals surface area contributed by atoms with Gasteiger partial charge in [-0.15, -0.1) is 0 Å². The van der Waals surface area contributed by atoms with Crippen molar-refractivity contribution in [3.05, 3.63) is 64.7 Å². The molecule has 26 heavy (non-hydrogen) atoms. The van der Waals surface area contributed by atoms with Gasteiger partial charge in [-0.2, -0.15) is 4.31 Å². The summed E-state index contributed by atoms with van der Waals surface area (Å²) in [6.45, 7) is 0.459. The summed E-state index contributed by atoms with van der Waals surface area (Å²) in [5.74, 6) is 0.282. The number of methoxy groups -OCH3 is 1. The van der Waals surface area contributed by atoms with Crippen LogP contribution in [0.2, 0.25) is 5.02 Å². The van der Waals surface area contributed by atoms with Gasteiger partial charge in [0.25, 0.3) is 5.91 Å². The summed E-state index contributed by atoms with van der Waals surface area (Å²) in [5, 5.41) is 3.22. The number of benzene rings is 2. The van der Waals surface area contributed by atoms with E-state index in [1.165, 1.54) is 11.4 Å². The van der Waals surface area contributed by atoms with Crippen molar-refractivity contribution in [3.8, 4) is 5.75 Å². The number of carbonyl (C=O) groups is 1. The Morgan fingerprint density at radius 3 is 2.58 bits per heavy atom. The first-order valence-electron chi connectivity index (χ1n) is 7.92. The van der Waals surface area contributed by atoms with Gasteiger partial charge in [0.05, 0.1) is 13.4 Å². The first-order valence-corrected chi connectivity index (χ1v) is 10.1. The van der Waals surface area contributed by atoms with Crippen LogP contribution in [0.25, 0.3) is 0 Å². The summed E-state index contributed by atoms with van der Waals surface area (Å²) in [7, 11) is -1.93. The molecule has 2 aromatic carbocycles. The molecule has 0 spiro atoms. The molecule has 0 heterocycles. The number of carbonyl (C=O) groups excluding carboxylic acids is 1. The molecule has 2 rings (SSSR count). The molecule has 0 fully saturated rings. The number of hydrogen-bond acceptors (Lipinski definition) is 4. The molecule has 0 saturated heterocycles. The third-order valence-corrected chi connectivity index (χ3v) is 5.37. The van der Waals surface area contributed by atoms with Gasteiger partial charge in [0.15, 0.2) is 0 Å². The van der Waals surface area contributed by atoms with Crippen molar-refractivity contribution in [2.45, 2.75) is 6.54 Å². The number of hydrogen-bond donors (Lipinski definition) is 1. The lowest BCUT2D eigenvalue weighted by Crippen LogP contribution is -2.37. The second kappa shape index (κ2) is 9.02. The fraction of sp³-hybridized carbons (Fsp3) is 0.278. The van der Waals surface area contributed by atoms with E-state index in [0.717, 1.165) is 6.26 Å². The van der Waals surface area contributed by atoms with E-state index in [1.54, 1.807) is 48.5 Å². The first kappa shape index (κ1) is 20.2. The smallest absolute Gasteiger partial charge is 0.251 e. The van der Waals surface area contributed by atoms with E-state index in [2.05, 4.69) is 5.32 Å². The third kappa shape index (κ3) is 5.72. The maximum atomic E-state index is 12.2. The van der Waals surface area contributed by atoms with Crippen LogP contribution in [0.4, 0.5) is 0 Å². The van der Waals surface area contributed by atoms with Gasteiger partial charge in [-0.25, -0.2) is 8.42 Å². The highest BCUT2D eigenvalue weighted by Gasteiger charge is 2.18. The van der Waals surface area contributed by atoms with Crippen molar-refractivity contribution in [2.75, 3.05) is 26.5 Å². The Labute approximate surface area is 158 Å². The topological polar surface area (TPSA) is 75.7 Å². The number of rotatable bonds is 8. The SMILES string of the molecule is COc1cccc(C(=O)NCCN(Cc2ccccc2Cl)S(C)(=O)=O)c1. The second-order valence-corrected chi connectivity index (χ2v) is 8.07. The van der Waals surface area contributed by atoms with Gasteiger partial charge in [-0.1, -0.05) is 35.9 Å². The van der Waals surface area contributed by atoms with Crippen LogP contribution >= 0.6 is 11.6 Å². The molecule has 0 aliphatic rings. The minimum Gasteiger partial charge on any atom is -0.497 e. The standard InChI is InChI=1S/C18H21ClN2O4S/c1-25-16-8-5-7-14(12-16)18(22)20-10-11-21(26(2,23)24)13-15-6-3-4-9-17(15)19/h3-9,12H,10-11,13H2,1-2H3,(H,20,22). The maximum absolute atomic E-state index is 12.2. The summed E-state index contributed by atoms with van der Waals surface area (Å²) in [4.78, 5) is 12.2. The molecule has 0 radical (unpaired) electrons. The van der Waals surface area contributed by atoms with Crippen molar-refractivity contribution in [1.82, 2.24) is 9.62 Å². The quantitative estimate of drug-likeness (QED) is 0.744. The largest absolute Gasteiger partial charge is 0.497 e. The molecular formula is C18H21ClN2O4S. The Morgan fingerprint density at radius 1 is 1.19 bits per heavy atom. The van der Waals surface area contributed by atoms with E-state index >= 15 is 0 Å². The van der Waals surface area contributed by atoms with Crippen molar-refractivity contribution >= 4 is 27.5 Å². The Hall–Kier alpha value is -2.09. The Bertz CT molecular complexity index is 871. The summed E-state index contributed by atoms with van der Waals surface area (Å²) >= 11 is 6.11. The van der Waals surface area contributed by atoms with E-state index in [4.69, 9.17) is 16.3 Å². The molecule has 140 valence electrons. The summed E-state index contributed by atoms with van der Waals surface area (Å²) in [6, 6.07) is 13.8. The van der Waals surface area contributed by atoms with Crippen molar-refractivity contribution in [2.24, 2.45) is 0 Å². The van der Waals surface area contributed by atoms with Crippen LogP contribution in [0.3, 0.4) is 0 Å². The Balaban J connectivity index is 1.99. The van der Waals surface area contributed by atoms with Gasteiger partial charge in [0, 0.05) is 30.2 Å². The fourth-order valence-electron chi connectivity index (χ4n) is 2.34. The molecule has 2 aromatic rings. The number of nitrogens with zero attached hydrogens (tertiary/aromatic N) is 1. The fourth-order valence-corrected chi connectivity index (χ4v) is 3.33. The van der Waals surface area contributed by atoms with E-state index in [9.17, 15) is 13.2 Å². The van der Waals surface area contributed by atoms with Gasteiger partial charge in [0.1, 0.15) is 5.75 Å². The van der Waals surface area contributed by atoms with Gasteiger partial charge >= 0.3 is 0 Å². The molecule has 8 heteroatoms. The highest BCUT2D eigenvalue weighted by Crippen LogP contribution is 2.18. The average molecular weight is 397 g/mol. The van der Waals surface area contributed by atoms with Crippen molar-refractivity contribution in [1.29, 1.82) is 0 Å². The van der Waals surface area contributed by atoms with Crippen LogP contribution in [0.5, 0.6) is 5.75 Å². The number of halogens is 1. The van der Waals surface area contributed by atoms with E-state index in [-0.39, 0.29) is 25.5 Å². The third-order valence-electron chi connectivity index (χ3n) is 3.75. The molecule has 0 atom stereocenters.